The Bertz CT molecular complexity index is 812. The lowest BCUT2D eigenvalue weighted by atomic mass is 9.73. The Morgan fingerprint density at radius 3 is 3.00 bits per heavy atom. The first-order valence-corrected chi connectivity index (χ1v) is 9.35. The molecule has 6 heterocycles. The van der Waals surface area contributed by atoms with Crippen LogP contribution in [-0.4, -0.2) is 57.7 Å². The molecule has 1 atom stereocenters. The Kier molecular flexibility index (Phi) is 3.24. The molecule has 7 nitrogen and oxygen atoms in total. The van der Waals surface area contributed by atoms with Crippen LogP contribution in [0.3, 0.4) is 0 Å². The summed E-state index contributed by atoms with van der Waals surface area (Å²) < 4.78 is 6.40. The lowest BCUT2D eigenvalue weighted by Gasteiger charge is -2.53. The molecule has 0 aliphatic carbocycles. The largest absolute Gasteiger partial charge is 0.457 e. The third kappa shape index (κ3) is 2.36. The number of thiazole rings is 1. The molecular formula is C16H20N6OS. The summed E-state index contributed by atoms with van der Waals surface area (Å²) in [6, 6.07) is 0.610. The molecule has 1 spiro atoms. The number of nitrogens with one attached hydrogen (secondary N) is 1. The molecular weight excluding hydrogens is 324 g/mol. The zero-order valence-corrected chi connectivity index (χ0v) is 14.5. The summed E-state index contributed by atoms with van der Waals surface area (Å²) in [6.07, 6.45) is 5.26. The van der Waals surface area contributed by atoms with Crippen LogP contribution < -0.4 is 5.32 Å². The minimum absolute atomic E-state index is 0.0618. The molecule has 4 aliphatic rings. The van der Waals surface area contributed by atoms with Gasteiger partial charge in [0.15, 0.2) is 5.13 Å². The van der Waals surface area contributed by atoms with E-state index in [1.165, 1.54) is 37.3 Å². The monoisotopic (exact) mass is 344 g/mol. The van der Waals surface area contributed by atoms with E-state index in [9.17, 15) is 0 Å². The molecule has 2 aromatic rings. The average Bonchev–Trinajstić information content (AvgIpc) is 2.97. The number of piperidine rings is 3. The molecule has 1 N–H and O–H groups in total. The second-order valence-corrected chi connectivity index (χ2v) is 7.88. The fourth-order valence-electron chi connectivity index (χ4n) is 4.17. The van der Waals surface area contributed by atoms with E-state index in [1.807, 2.05) is 6.92 Å². The maximum Gasteiger partial charge on any atom is 0.291 e. The van der Waals surface area contributed by atoms with Gasteiger partial charge in [-0.3, -0.25) is 10.2 Å². The van der Waals surface area contributed by atoms with Crippen LogP contribution in [0, 0.1) is 12.8 Å². The molecule has 3 saturated heterocycles. The van der Waals surface area contributed by atoms with Crippen molar-refractivity contribution in [3.63, 3.8) is 0 Å². The summed E-state index contributed by atoms with van der Waals surface area (Å²) in [6.45, 7) is 6.16. The van der Waals surface area contributed by atoms with E-state index in [-0.39, 0.29) is 5.60 Å². The summed E-state index contributed by atoms with van der Waals surface area (Å²) in [5, 5.41) is 4.04. The van der Waals surface area contributed by atoms with Crippen LogP contribution in [0.5, 0.6) is 0 Å². The van der Waals surface area contributed by atoms with Crippen LogP contribution in [0.15, 0.2) is 11.2 Å². The Balaban J connectivity index is 1.37. The molecule has 6 rings (SSSR count). The number of anilines is 1. The zero-order chi connectivity index (χ0) is 16.1. The molecule has 0 aromatic carbocycles. The van der Waals surface area contributed by atoms with Gasteiger partial charge in [-0.05, 0) is 32.9 Å². The number of fused-ring (bicyclic) bond motifs is 3. The van der Waals surface area contributed by atoms with E-state index < -0.39 is 0 Å². The zero-order valence-electron chi connectivity index (χ0n) is 13.7. The highest BCUT2D eigenvalue weighted by molar-refractivity contribution is 7.21. The van der Waals surface area contributed by atoms with Crippen molar-refractivity contribution < 1.29 is 4.74 Å². The molecule has 1 unspecified atom stereocenters. The lowest BCUT2D eigenvalue weighted by Crippen LogP contribution is -2.62. The van der Waals surface area contributed by atoms with E-state index >= 15 is 0 Å². The van der Waals surface area contributed by atoms with E-state index in [0.29, 0.717) is 11.9 Å². The highest BCUT2D eigenvalue weighted by atomic mass is 32.1. The summed E-state index contributed by atoms with van der Waals surface area (Å²) in [7, 11) is 0. The van der Waals surface area contributed by atoms with Crippen LogP contribution in [0.4, 0.5) is 5.13 Å². The smallest absolute Gasteiger partial charge is 0.291 e. The third-order valence-corrected chi connectivity index (χ3v) is 6.28. The van der Waals surface area contributed by atoms with Gasteiger partial charge in [-0.1, -0.05) is 11.3 Å². The minimum Gasteiger partial charge on any atom is -0.457 e. The number of nitrogens with zero attached hydrogens (tertiary/aromatic N) is 5. The van der Waals surface area contributed by atoms with Crippen LogP contribution in [0.1, 0.15) is 25.1 Å². The molecule has 0 amide bonds. The molecule has 2 aromatic heterocycles. The fraction of sp³-hybridized carbons (Fsp3) is 0.625. The lowest BCUT2D eigenvalue weighted by molar-refractivity contribution is -0.109. The van der Waals surface area contributed by atoms with Crippen molar-refractivity contribution in [1.82, 2.24) is 19.9 Å². The molecule has 0 saturated carbocycles. The maximum atomic E-state index is 6.40. The quantitative estimate of drug-likeness (QED) is 0.853. The molecule has 0 radical (unpaired) electrons. The predicted molar refractivity (Wildman–Crippen MR) is 93.5 cm³/mol. The van der Waals surface area contributed by atoms with Crippen LogP contribution >= 0.6 is 11.3 Å². The number of aromatic nitrogens is 3. The van der Waals surface area contributed by atoms with E-state index in [2.05, 4.69) is 30.2 Å². The molecule has 8 heteroatoms. The fourth-order valence-corrected chi connectivity index (χ4v) is 5.02. The highest BCUT2D eigenvalue weighted by Crippen LogP contribution is 2.42. The summed E-state index contributed by atoms with van der Waals surface area (Å²) >= 11 is 1.51. The van der Waals surface area contributed by atoms with Gasteiger partial charge in [0.1, 0.15) is 21.8 Å². The van der Waals surface area contributed by atoms with Gasteiger partial charge in [-0.25, -0.2) is 19.9 Å². The SMILES string of the molecule is Cc1ncc2nc(NC3=NCCC4(CN5CCC4CC5)O3)sc2n1. The summed E-state index contributed by atoms with van der Waals surface area (Å²) in [5.41, 5.74) is 0.746. The number of rotatable bonds is 1. The predicted octanol–water partition coefficient (Wildman–Crippen LogP) is 2.05. The van der Waals surface area contributed by atoms with Gasteiger partial charge in [0.25, 0.3) is 6.02 Å². The number of aliphatic imine (C=N–C) groups is 1. The Labute approximate surface area is 144 Å². The van der Waals surface area contributed by atoms with E-state index in [0.717, 1.165) is 40.8 Å². The second-order valence-electron chi connectivity index (χ2n) is 6.91. The Morgan fingerprint density at radius 1 is 1.33 bits per heavy atom. The summed E-state index contributed by atoms with van der Waals surface area (Å²) in [4.78, 5) is 21.1. The van der Waals surface area contributed by atoms with Gasteiger partial charge in [-0.15, -0.1) is 0 Å². The Hall–Kier alpha value is -1.80. The molecule has 2 bridgehead atoms. The highest BCUT2D eigenvalue weighted by Gasteiger charge is 2.50. The van der Waals surface area contributed by atoms with Gasteiger partial charge in [0.2, 0.25) is 0 Å². The Morgan fingerprint density at radius 2 is 2.21 bits per heavy atom. The van der Waals surface area contributed by atoms with Crippen molar-refractivity contribution >= 4 is 32.8 Å². The maximum absolute atomic E-state index is 6.40. The van der Waals surface area contributed by atoms with Crippen LogP contribution in [0.2, 0.25) is 0 Å². The van der Waals surface area contributed by atoms with Gasteiger partial charge in [0, 0.05) is 25.4 Å². The molecule has 3 fully saturated rings. The molecule has 4 aliphatic heterocycles. The minimum atomic E-state index is -0.0618. The van der Waals surface area contributed by atoms with Crippen molar-refractivity contribution in [3.05, 3.63) is 12.0 Å². The van der Waals surface area contributed by atoms with E-state index in [4.69, 9.17) is 4.74 Å². The van der Waals surface area contributed by atoms with Crippen LogP contribution in [-0.2, 0) is 4.74 Å². The van der Waals surface area contributed by atoms with Crippen molar-refractivity contribution in [1.29, 1.82) is 0 Å². The van der Waals surface area contributed by atoms with Gasteiger partial charge >= 0.3 is 0 Å². The average molecular weight is 344 g/mol. The van der Waals surface area contributed by atoms with Crippen molar-refractivity contribution in [2.24, 2.45) is 10.9 Å². The normalized spacial score (nSPS) is 32.0. The number of hydrogen-bond acceptors (Lipinski definition) is 8. The van der Waals surface area contributed by atoms with Gasteiger partial charge in [0.05, 0.1) is 6.20 Å². The molecule has 24 heavy (non-hydrogen) atoms. The number of aryl methyl sites for hydroxylation is 1. The van der Waals surface area contributed by atoms with Crippen LogP contribution in [0.25, 0.3) is 10.3 Å². The van der Waals surface area contributed by atoms with Crippen molar-refractivity contribution in [3.8, 4) is 0 Å². The van der Waals surface area contributed by atoms with Crippen molar-refractivity contribution in [2.45, 2.75) is 31.8 Å². The topological polar surface area (TPSA) is 75.5 Å². The first-order chi connectivity index (χ1) is 11.7. The van der Waals surface area contributed by atoms with Gasteiger partial charge in [-0.2, -0.15) is 0 Å². The van der Waals surface area contributed by atoms with Crippen molar-refractivity contribution in [2.75, 3.05) is 31.5 Å². The third-order valence-electron chi connectivity index (χ3n) is 5.40. The van der Waals surface area contributed by atoms with E-state index in [1.54, 1.807) is 6.20 Å². The van der Waals surface area contributed by atoms with Gasteiger partial charge < -0.3 is 4.74 Å². The number of amidine groups is 1. The standard InChI is InChI=1S/C16H20N6OS/c1-10-18-8-12-13(19-10)24-15(20-12)21-14-17-5-4-16(23-14)9-22-6-2-11(16)3-7-22/h8,11H,2-7,9H2,1H3,(H,17,20,21). The first kappa shape index (κ1) is 14.5. The second kappa shape index (κ2) is 5.35. The number of ether oxygens (including phenoxy) is 1. The molecule has 126 valence electrons. The first-order valence-electron chi connectivity index (χ1n) is 8.53. The summed E-state index contributed by atoms with van der Waals surface area (Å²) in [5.74, 6) is 1.41. The number of hydrogen-bond donors (Lipinski definition) is 1.